The largest absolute Gasteiger partial charge is 0.428 e. The van der Waals surface area contributed by atoms with Crippen molar-refractivity contribution in [2.24, 2.45) is 5.10 Å². The van der Waals surface area contributed by atoms with E-state index >= 15 is 0 Å². The summed E-state index contributed by atoms with van der Waals surface area (Å²) in [5, 5.41) is 7.52. The molecule has 114 valence electrons. The maximum atomic E-state index is 5.65. The Labute approximate surface area is 134 Å². The molecule has 0 bridgehead atoms. The van der Waals surface area contributed by atoms with E-state index in [1.165, 1.54) is 19.3 Å². The topological polar surface area (TPSA) is 62.5 Å². The highest BCUT2D eigenvalue weighted by molar-refractivity contribution is 7.80. The Kier molecular flexibility index (Phi) is 4.48. The van der Waals surface area contributed by atoms with Crippen LogP contribution in [0, 0.1) is 0 Å². The highest BCUT2D eigenvalue weighted by atomic mass is 32.1. The molecule has 1 aromatic heterocycles. The molecule has 5 nitrogen and oxygen atoms in total. The van der Waals surface area contributed by atoms with E-state index in [9.17, 15) is 0 Å². The number of hydrazone groups is 1. The molecule has 0 radical (unpaired) electrons. The highest BCUT2D eigenvalue weighted by Crippen LogP contribution is 2.36. The molecule has 1 aliphatic carbocycles. The molecular weight excluding hydrogens is 296 g/mol. The zero-order valence-corrected chi connectivity index (χ0v) is 13.2. The van der Waals surface area contributed by atoms with E-state index in [0.717, 1.165) is 17.0 Å². The van der Waals surface area contributed by atoms with Crippen LogP contribution in [0.15, 0.2) is 46.0 Å². The lowest BCUT2D eigenvalue weighted by Crippen LogP contribution is -2.25. The molecule has 1 aliphatic rings. The van der Waals surface area contributed by atoms with Gasteiger partial charge in [-0.25, -0.2) is 4.98 Å². The minimum atomic E-state index is 0.359. The van der Waals surface area contributed by atoms with Gasteiger partial charge in [0.2, 0.25) is 0 Å². The molecule has 1 heterocycles. The van der Waals surface area contributed by atoms with E-state index in [4.69, 9.17) is 16.6 Å². The summed E-state index contributed by atoms with van der Waals surface area (Å²) in [6.45, 7) is 1.92. The molecule has 0 aliphatic heterocycles. The van der Waals surface area contributed by atoms with E-state index in [0.29, 0.717) is 17.0 Å². The summed E-state index contributed by atoms with van der Waals surface area (Å²) in [6.07, 6.45) is 5.39. The molecule has 0 atom stereocenters. The molecule has 1 aromatic carbocycles. The van der Waals surface area contributed by atoms with E-state index < -0.39 is 0 Å². The van der Waals surface area contributed by atoms with Crippen LogP contribution in [-0.4, -0.2) is 15.8 Å². The van der Waals surface area contributed by atoms with Crippen molar-refractivity contribution in [3.63, 3.8) is 0 Å². The Balaban J connectivity index is 1.55. The van der Waals surface area contributed by atoms with Gasteiger partial charge >= 0.3 is 6.01 Å². The van der Waals surface area contributed by atoms with Crippen LogP contribution in [-0.2, 0) is 0 Å². The Morgan fingerprint density at radius 2 is 2.09 bits per heavy atom. The van der Waals surface area contributed by atoms with Crippen molar-refractivity contribution in [3.05, 3.63) is 47.9 Å². The molecule has 0 saturated heterocycles. The van der Waals surface area contributed by atoms with Gasteiger partial charge in [0, 0.05) is 5.92 Å². The lowest BCUT2D eigenvalue weighted by molar-refractivity contribution is 0.351. The molecule has 22 heavy (non-hydrogen) atoms. The van der Waals surface area contributed by atoms with Gasteiger partial charge < -0.3 is 4.42 Å². The van der Waals surface area contributed by atoms with Crippen LogP contribution >= 0.6 is 12.2 Å². The van der Waals surface area contributed by atoms with Gasteiger partial charge in [-0.3, -0.25) is 10.7 Å². The number of hydrogen-bond acceptors (Lipinski definition) is 4. The third-order valence-corrected chi connectivity index (χ3v) is 3.96. The average Bonchev–Trinajstić information content (AvgIpc) is 2.91. The quantitative estimate of drug-likeness (QED) is 0.512. The van der Waals surface area contributed by atoms with Gasteiger partial charge in [-0.1, -0.05) is 36.8 Å². The maximum Gasteiger partial charge on any atom is 0.301 e. The molecule has 0 amide bonds. The average molecular weight is 314 g/mol. The van der Waals surface area contributed by atoms with Gasteiger partial charge in [0.1, 0.15) is 5.76 Å². The minimum Gasteiger partial charge on any atom is -0.428 e. The van der Waals surface area contributed by atoms with Crippen LogP contribution in [0.1, 0.15) is 43.4 Å². The number of benzene rings is 1. The molecule has 3 rings (SSSR count). The highest BCUT2D eigenvalue weighted by Gasteiger charge is 2.23. The van der Waals surface area contributed by atoms with Crippen molar-refractivity contribution in [1.29, 1.82) is 0 Å². The maximum absolute atomic E-state index is 5.65. The molecule has 6 heteroatoms. The first-order chi connectivity index (χ1) is 10.7. The minimum absolute atomic E-state index is 0.359. The van der Waals surface area contributed by atoms with Crippen LogP contribution in [0.4, 0.5) is 6.01 Å². The van der Waals surface area contributed by atoms with Crippen LogP contribution in [0.25, 0.3) is 0 Å². The van der Waals surface area contributed by atoms with Gasteiger partial charge in [-0.05, 0) is 37.5 Å². The van der Waals surface area contributed by atoms with Crippen molar-refractivity contribution in [3.8, 4) is 0 Å². The number of hydrogen-bond donors (Lipinski definition) is 2. The van der Waals surface area contributed by atoms with Gasteiger partial charge in [0.05, 0.1) is 11.9 Å². The van der Waals surface area contributed by atoms with Crippen molar-refractivity contribution in [2.75, 3.05) is 5.32 Å². The normalized spacial score (nSPS) is 15.2. The zero-order valence-electron chi connectivity index (χ0n) is 12.4. The monoisotopic (exact) mass is 314 g/mol. The standard InChI is InChI=1S/C16H18N4OS/c1-11(12-6-3-2-4-7-12)19-20-16(22)18-15-17-10-14(21-15)13-8-5-9-13/h2-4,6-7,10,13H,5,8-9H2,1H3,(H2,17,18,20,22)/b19-11+. The predicted octanol–water partition coefficient (Wildman–Crippen LogP) is 3.65. The van der Waals surface area contributed by atoms with Crippen LogP contribution in [0.5, 0.6) is 0 Å². The first-order valence-corrected chi connectivity index (χ1v) is 7.75. The first-order valence-electron chi connectivity index (χ1n) is 7.35. The SMILES string of the molecule is C/C(=N\NC(=S)Nc1ncc(C2CCC2)o1)c1ccccc1. The van der Waals surface area contributed by atoms with Gasteiger partial charge in [0.15, 0.2) is 5.11 Å². The van der Waals surface area contributed by atoms with E-state index in [2.05, 4.69) is 20.8 Å². The third kappa shape index (κ3) is 3.51. The van der Waals surface area contributed by atoms with E-state index in [1.54, 1.807) is 6.20 Å². The molecule has 2 aromatic rings. The Morgan fingerprint density at radius 1 is 1.32 bits per heavy atom. The molecule has 2 N–H and O–H groups in total. The Hall–Kier alpha value is -2.21. The Bertz CT molecular complexity index is 676. The summed E-state index contributed by atoms with van der Waals surface area (Å²) in [7, 11) is 0. The second-order valence-corrected chi connectivity index (χ2v) is 5.73. The van der Waals surface area contributed by atoms with Gasteiger partial charge in [-0.2, -0.15) is 5.10 Å². The fraction of sp³-hybridized carbons (Fsp3) is 0.312. The number of aromatic nitrogens is 1. The summed E-state index contributed by atoms with van der Waals surface area (Å²) in [5.74, 6) is 1.45. The van der Waals surface area contributed by atoms with Crippen LogP contribution in [0.3, 0.4) is 0 Å². The summed E-state index contributed by atoms with van der Waals surface area (Å²) in [4.78, 5) is 4.19. The van der Waals surface area contributed by atoms with Crippen molar-refractivity contribution in [1.82, 2.24) is 10.4 Å². The third-order valence-electron chi connectivity index (χ3n) is 3.77. The number of rotatable bonds is 4. The second kappa shape index (κ2) is 6.70. The first kappa shape index (κ1) is 14.7. The smallest absolute Gasteiger partial charge is 0.301 e. The number of anilines is 1. The van der Waals surface area contributed by atoms with E-state index in [-0.39, 0.29) is 0 Å². The number of thiocarbonyl (C=S) groups is 1. The lowest BCUT2D eigenvalue weighted by atomic mass is 9.84. The van der Waals surface area contributed by atoms with Crippen LogP contribution < -0.4 is 10.7 Å². The summed E-state index contributed by atoms with van der Waals surface area (Å²) in [5.41, 5.74) is 4.70. The van der Waals surface area contributed by atoms with E-state index in [1.807, 2.05) is 37.3 Å². The van der Waals surface area contributed by atoms with Crippen molar-refractivity contribution in [2.45, 2.75) is 32.1 Å². The van der Waals surface area contributed by atoms with Gasteiger partial charge in [-0.15, -0.1) is 0 Å². The molecule has 0 unspecified atom stereocenters. The van der Waals surface area contributed by atoms with Crippen molar-refractivity contribution >= 4 is 29.1 Å². The van der Waals surface area contributed by atoms with Crippen LogP contribution in [0.2, 0.25) is 0 Å². The molecular formula is C16H18N4OS. The van der Waals surface area contributed by atoms with Gasteiger partial charge in [0.25, 0.3) is 0 Å². The zero-order chi connectivity index (χ0) is 15.4. The summed E-state index contributed by atoms with van der Waals surface area (Å²) < 4.78 is 5.65. The Morgan fingerprint density at radius 3 is 2.77 bits per heavy atom. The van der Waals surface area contributed by atoms with Crippen molar-refractivity contribution < 1.29 is 4.42 Å². The molecule has 0 spiro atoms. The molecule has 1 saturated carbocycles. The molecule has 1 fully saturated rings. The summed E-state index contributed by atoms with van der Waals surface area (Å²) in [6, 6.07) is 10.3. The predicted molar refractivity (Wildman–Crippen MR) is 91.1 cm³/mol. The summed E-state index contributed by atoms with van der Waals surface area (Å²) >= 11 is 5.19. The second-order valence-electron chi connectivity index (χ2n) is 5.32. The fourth-order valence-electron chi connectivity index (χ4n) is 2.23. The number of oxazole rings is 1. The number of nitrogens with one attached hydrogen (secondary N) is 2. The fourth-order valence-corrected chi connectivity index (χ4v) is 2.36. The lowest BCUT2D eigenvalue weighted by Gasteiger charge is -2.22. The number of nitrogens with zero attached hydrogens (tertiary/aromatic N) is 2.